The first kappa shape index (κ1) is 18.0. The lowest BCUT2D eigenvalue weighted by Gasteiger charge is -2.41. The molecule has 1 N–H and O–H groups in total. The Bertz CT molecular complexity index is 366. The molecule has 0 aliphatic carbocycles. The Morgan fingerprint density at radius 3 is 2.19 bits per heavy atom. The van der Waals surface area contributed by atoms with E-state index in [4.69, 9.17) is 0 Å². The molecule has 0 spiro atoms. The van der Waals surface area contributed by atoms with Crippen molar-refractivity contribution in [2.75, 3.05) is 6.54 Å². The van der Waals surface area contributed by atoms with Crippen molar-refractivity contribution in [2.45, 2.75) is 72.9 Å². The lowest BCUT2D eigenvalue weighted by molar-refractivity contribution is -0.151. The highest BCUT2D eigenvalue weighted by molar-refractivity contribution is 5.97. The minimum absolute atomic E-state index is 0.0253. The van der Waals surface area contributed by atoms with Gasteiger partial charge in [-0.25, -0.2) is 0 Å². The van der Waals surface area contributed by atoms with Gasteiger partial charge in [-0.05, 0) is 30.6 Å². The van der Waals surface area contributed by atoms with Crippen LogP contribution in [-0.2, 0) is 9.59 Å². The van der Waals surface area contributed by atoms with E-state index >= 15 is 0 Å². The van der Waals surface area contributed by atoms with E-state index in [-0.39, 0.29) is 29.8 Å². The molecule has 4 nitrogen and oxygen atoms in total. The van der Waals surface area contributed by atoms with Gasteiger partial charge in [0, 0.05) is 6.54 Å². The van der Waals surface area contributed by atoms with Crippen LogP contribution in [0.1, 0.15) is 60.8 Å². The number of rotatable bonds is 7. The third kappa shape index (κ3) is 4.72. The molecular formula is C17H32N2O2. The lowest BCUT2D eigenvalue weighted by atomic mass is 9.91. The maximum atomic E-state index is 12.8. The third-order valence-corrected chi connectivity index (χ3v) is 4.38. The number of piperazine rings is 1. The molecule has 21 heavy (non-hydrogen) atoms. The molecule has 1 saturated heterocycles. The van der Waals surface area contributed by atoms with Crippen molar-refractivity contribution in [3.63, 3.8) is 0 Å². The van der Waals surface area contributed by atoms with E-state index in [0.29, 0.717) is 18.4 Å². The van der Waals surface area contributed by atoms with Gasteiger partial charge in [-0.2, -0.15) is 0 Å². The summed E-state index contributed by atoms with van der Waals surface area (Å²) in [5.74, 6) is 1.25. The molecule has 0 radical (unpaired) electrons. The highest BCUT2D eigenvalue weighted by atomic mass is 16.2. The molecule has 122 valence electrons. The Morgan fingerprint density at radius 1 is 1.10 bits per heavy atom. The zero-order valence-electron chi connectivity index (χ0n) is 14.5. The Kier molecular flexibility index (Phi) is 6.69. The lowest BCUT2D eigenvalue weighted by Crippen LogP contribution is -2.65. The van der Waals surface area contributed by atoms with Crippen LogP contribution < -0.4 is 5.32 Å². The maximum absolute atomic E-state index is 12.8. The molecule has 0 aromatic rings. The van der Waals surface area contributed by atoms with E-state index in [9.17, 15) is 9.59 Å². The molecule has 0 saturated carbocycles. The van der Waals surface area contributed by atoms with Gasteiger partial charge in [-0.3, -0.25) is 9.59 Å². The third-order valence-electron chi connectivity index (χ3n) is 4.38. The monoisotopic (exact) mass is 296 g/mol. The average Bonchev–Trinajstić information content (AvgIpc) is 2.40. The van der Waals surface area contributed by atoms with E-state index in [1.165, 1.54) is 0 Å². The topological polar surface area (TPSA) is 49.4 Å². The molecule has 3 atom stereocenters. The second-order valence-corrected chi connectivity index (χ2v) is 7.23. The zero-order valence-corrected chi connectivity index (χ0v) is 14.5. The van der Waals surface area contributed by atoms with Gasteiger partial charge in [-0.15, -0.1) is 0 Å². The Hall–Kier alpha value is -1.06. The maximum Gasteiger partial charge on any atom is 0.246 e. The minimum atomic E-state index is -0.349. The second kappa shape index (κ2) is 7.81. The first-order chi connectivity index (χ1) is 9.77. The quantitative estimate of drug-likeness (QED) is 0.785. The van der Waals surface area contributed by atoms with Crippen LogP contribution in [0.25, 0.3) is 0 Å². The van der Waals surface area contributed by atoms with Crippen molar-refractivity contribution in [1.82, 2.24) is 10.2 Å². The summed E-state index contributed by atoms with van der Waals surface area (Å²) in [5, 5.41) is 2.96. The number of amides is 2. The summed E-state index contributed by atoms with van der Waals surface area (Å²) in [5.41, 5.74) is 0. The van der Waals surface area contributed by atoms with Crippen molar-refractivity contribution in [3.05, 3.63) is 0 Å². The van der Waals surface area contributed by atoms with Crippen LogP contribution >= 0.6 is 0 Å². The van der Waals surface area contributed by atoms with Crippen LogP contribution in [0.4, 0.5) is 0 Å². The van der Waals surface area contributed by atoms with Crippen LogP contribution in [0.2, 0.25) is 0 Å². The number of carbonyl (C=O) groups excluding carboxylic acids is 2. The van der Waals surface area contributed by atoms with Crippen molar-refractivity contribution in [1.29, 1.82) is 0 Å². The summed E-state index contributed by atoms with van der Waals surface area (Å²) < 4.78 is 0. The van der Waals surface area contributed by atoms with Crippen LogP contribution in [0.3, 0.4) is 0 Å². The van der Waals surface area contributed by atoms with E-state index in [0.717, 1.165) is 19.3 Å². The van der Waals surface area contributed by atoms with Crippen molar-refractivity contribution in [3.8, 4) is 0 Å². The SMILES string of the molecule is CCC(C)C1NC(=O)C(CC(C)C)N(CCC(C)C)C1=O. The number of carbonyl (C=O) groups is 2. The Morgan fingerprint density at radius 2 is 1.71 bits per heavy atom. The fourth-order valence-electron chi connectivity index (χ4n) is 2.75. The molecule has 4 heteroatoms. The van der Waals surface area contributed by atoms with Crippen molar-refractivity contribution >= 4 is 11.8 Å². The average molecular weight is 296 g/mol. The van der Waals surface area contributed by atoms with Crippen LogP contribution in [0.15, 0.2) is 0 Å². The minimum Gasteiger partial charge on any atom is -0.342 e. The fourth-order valence-corrected chi connectivity index (χ4v) is 2.75. The van der Waals surface area contributed by atoms with Gasteiger partial charge in [0.15, 0.2) is 0 Å². The second-order valence-electron chi connectivity index (χ2n) is 7.23. The normalized spacial score (nSPS) is 24.7. The largest absolute Gasteiger partial charge is 0.342 e. The van der Waals surface area contributed by atoms with E-state index in [1.807, 2.05) is 11.8 Å². The van der Waals surface area contributed by atoms with E-state index < -0.39 is 0 Å². The van der Waals surface area contributed by atoms with Gasteiger partial charge in [0.25, 0.3) is 0 Å². The molecule has 0 aromatic heterocycles. The summed E-state index contributed by atoms with van der Waals surface area (Å²) in [4.78, 5) is 27.1. The zero-order chi connectivity index (χ0) is 16.2. The number of nitrogens with one attached hydrogen (secondary N) is 1. The predicted molar refractivity (Wildman–Crippen MR) is 85.8 cm³/mol. The standard InChI is InChI=1S/C17H32N2O2/c1-7-13(6)15-17(21)19(9-8-11(2)3)14(10-12(4)5)16(20)18-15/h11-15H,7-10H2,1-6H3,(H,18,20). The molecule has 0 bridgehead atoms. The number of hydrogen-bond donors (Lipinski definition) is 1. The van der Waals surface area contributed by atoms with E-state index in [2.05, 4.69) is 39.9 Å². The summed E-state index contributed by atoms with van der Waals surface area (Å²) in [6.07, 6.45) is 2.58. The summed E-state index contributed by atoms with van der Waals surface area (Å²) in [6.45, 7) is 13.3. The Balaban J connectivity index is 2.93. The predicted octanol–water partition coefficient (Wildman–Crippen LogP) is 2.82. The van der Waals surface area contributed by atoms with Gasteiger partial charge < -0.3 is 10.2 Å². The first-order valence-corrected chi connectivity index (χ1v) is 8.38. The summed E-state index contributed by atoms with van der Waals surface area (Å²) >= 11 is 0. The van der Waals surface area contributed by atoms with Gasteiger partial charge in [0.1, 0.15) is 12.1 Å². The molecule has 0 aromatic carbocycles. The van der Waals surface area contributed by atoms with Crippen molar-refractivity contribution < 1.29 is 9.59 Å². The highest BCUT2D eigenvalue weighted by Gasteiger charge is 2.41. The fraction of sp³-hybridized carbons (Fsp3) is 0.882. The molecule has 1 aliphatic heterocycles. The van der Waals surface area contributed by atoms with Crippen LogP contribution in [0.5, 0.6) is 0 Å². The molecule has 1 aliphatic rings. The van der Waals surface area contributed by atoms with Crippen molar-refractivity contribution in [2.24, 2.45) is 17.8 Å². The number of nitrogens with zero attached hydrogens (tertiary/aromatic N) is 1. The van der Waals surface area contributed by atoms with Gasteiger partial charge in [0.2, 0.25) is 11.8 Å². The molecule has 1 rings (SSSR count). The first-order valence-electron chi connectivity index (χ1n) is 8.38. The van der Waals surface area contributed by atoms with Crippen LogP contribution in [0, 0.1) is 17.8 Å². The molecular weight excluding hydrogens is 264 g/mol. The molecule has 2 amide bonds. The van der Waals surface area contributed by atoms with Gasteiger partial charge in [-0.1, -0.05) is 48.0 Å². The smallest absolute Gasteiger partial charge is 0.246 e. The molecule has 1 fully saturated rings. The Labute approximate surface area is 129 Å². The number of hydrogen-bond acceptors (Lipinski definition) is 2. The van der Waals surface area contributed by atoms with Gasteiger partial charge in [0.05, 0.1) is 0 Å². The van der Waals surface area contributed by atoms with Crippen LogP contribution in [-0.4, -0.2) is 35.3 Å². The molecule has 1 heterocycles. The molecule has 3 unspecified atom stereocenters. The van der Waals surface area contributed by atoms with Gasteiger partial charge >= 0.3 is 0 Å². The highest BCUT2D eigenvalue weighted by Crippen LogP contribution is 2.22. The summed E-state index contributed by atoms with van der Waals surface area (Å²) in [7, 11) is 0. The van der Waals surface area contributed by atoms with E-state index in [1.54, 1.807) is 0 Å². The summed E-state index contributed by atoms with van der Waals surface area (Å²) in [6, 6.07) is -0.644.